The first-order chi connectivity index (χ1) is 13.7. The minimum Gasteiger partial charge on any atom is -0.342 e. The Kier molecular flexibility index (Phi) is 5.71. The van der Waals surface area contributed by atoms with Crippen LogP contribution in [0.1, 0.15) is 19.8 Å². The molecule has 2 aromatic heterocycles. The summed E-state index contributed by atoms with van der Waals surface area (Å²) in [5.41, 5.74) is 1.86. The molecule has 0 N–H and O–H groups in total. The summed E-state index contributed by atoms with van der Waals surface area (Å²) in [5.74, 6) is 1.83. The van der Waals surface area contributed by atoms with Gasteiger partial charge < -0.3 is 4.90 Å². The Balaban J connectivity index is 1.59. The largest absolute Gasteiger partial charge is 0.342 e. The first kappa shape index (κ1) is 18.7. The Morgan fingerprint density at radius 1 is 1.18 bits per heavy atom. The average Bonchev–Trinajstić information content (AvgIpc) is 3.17. The number of benzene rings is 1. The number of aromatic nitrogens is 4. The van der Waals surface area contributed by atoms with Crippen LogP contribution in [0.3, 0.4) is 0 Å². The van der Waals surface area contributed by atoms with Crippen molar-refractivity contribution < 1.29 is 4.79 Å². The number of carbonyl (C=O) groups is 1. The van der Waals surface area contributed by atoms with Crippen LogP contribution >= 0.6 is 11.8 Å². The first-order valence-electron chi connectivity index (χ1n) is 9.54. The number of amides is 1. The fourth-order valence-electron chi connectivity index (χ4n) is 3.49. The lowest BCUT2D eigenvalue weighted by Gasteiger charge is -2.30. The maximum Gasteiger partial charge on any atom is 0.233 e. The van der Waals surface area contributed by atoms with Crippen molar-refractivity contribution in [1.82, 2.24) is 24.6 Å². The van der Waals surface area contributed by atoms with E-state index in [1.165, 1.54) is 18.2 Å². The second-order valence-electron chi connectivity index (χ2n) is 7.09. The highest BCUT2D eigenvalue weighted by Crippen LogP contribution is 2.28. The third-order valence-electron chi connectivity index (χ3n) is 4.90. The van der Waals surface area contributed by atoms with Crippen LogP contribution in [-0.2, 0) is 4.79 Å². The standard InChI is InChI=1S/C21H23N5OS/c1-16-7-6-12-25(14-16)19(27)15-28-21-24-23-20(17-8-5-11-22-13-17)26(21)18-9-3-2-4-10-18/h2-5,8-11,13,16H,6-7,12,14-15H2,1H3/t16-/m0/s1. The maximum absolute atomic E-state index is 12.7. The van der Waals surface area contributed by atoms with E-state index in [2.05, 4.69) is 22.1 Å². The highest BCUT2D eigenvalue weighted by molar-refractivity contribution is 7.99. The Hall–Kier alpha value is -2.67. The molecule has 28 heavy (non-hydrogen) atoms. The molecule has 7 heteroatoms. The zero-order valence-corrected chi connectivity index (χ0v) is 16.7. The Labute approximate surface area is 169 Å². The quantitative estimate of drug-likeness (QED) is 0.619. The van der Waals surface area contributed by atoms with Crippen LogP contribution in [0, 0.1) is 5.92 Å². The molecular weight excluding hydrogens is 370 g/mol. The van der Waals surface area contributed by atoms with Crippen LogP contribution in [0.15, 0.2) is 60.0 Å². The zero-order chi connectivity index (χ0) is 19.3. The number of para-hydroxylation sites is 1. The monoisotopic (exact) mass is 393 g/mol. The van der Waals surface area contributed by atoms with Crippen molar-refractivity contribution >= 4 is 17.7 Å². The van der Waals surface area contributed by atoms with Gasteiger partial charge in [-0.3, -0.25) is 14.3 Å². The van der Waals surface area contributed by atoms with E-state index in [1.54, 1.807) is 12.4 Å². The number of rotatable bonds is 5. The van der Waals surface area contributed by atoms with Crippen LogP contribution < -0.4 is 0 Å². The summed E-state index contributed by atoms with van der Waals surface area (Å²) >= 11 is 1.44. The summed E-state index contributed by atoms with van der Waals surface area (Å²) in [6.07, 6.45) is 5.80. The van der Waals surface area contributed by atoms with Crippen molar-refractivity contribution in [3.8, 4) is 17.1 Å². The predicted octanol–water partition coefficient (Wildman–Crippen LogP) is 3.68. The lowest BCUT2D eigenvalue weighted by molar-refractivity contribution is -0.130. The van der Waals surface area contributed by atoms with Gasteiger partial charge in [0.25, 0.3) is 0 Å². The van der Waals surface area contributed by atoms with Crippen LogP contribution in [0.2, 0.25) is 0 Å². The number of nitrogens with zero attached hydrogens (tertiary/aromatic N) is 5. The average molecular weight is 394 g/mol. The lowest BCUT2D eigenvalue weighted by Crippen LogP contribution is -2.40. The molecular formula is C21H23N5OS. The Bertz CT molecular complexity index is 928. The van der Waals surface area contributed by atoms with Gasteiger partial charge >= 0.3 is 0 Å². The molecule has 1 aliphatic rings. The van der Waals surface area contributed by atoms with Gasteiger partial charge in [0.1, 0.15) is 0 Å². The number of pyridine rings is 1. The summed E-state index contributed by atoms with van der Waals surface area (Å²) in [6.45, 7) is 3.92. The topological polar surface area (TPSA) is 63.9 Å². The molecule has 3 heterocycles. The van der Waals surface area contributed by atoms with Gasteiger partial charge in [-0.1, -0.05) is 36.9 Å². The fraction of sp³-hybridized carbons (Fsp3) is 0.333. The molecule has 0 radical (unpaired) electrons. The molecule has 144 valence electrons. The minimum atomic E-state index is 0.169. The van der Waals surface area contributed by atoms with Gasteiger partial charge in [-0.15, -0.1) is 10.2 Å². The van der Waals surface area contributed by atoms with Crippen molar-refractivity contribution in [3.05, 3.63) is 54.9 Å². The molecule has 1 aromatic carbocycles. The number of carbonyl (C=O) groups excluding carboxylic acids is 1. The molecule has 0 aliphatic carbocycles. The van der Waals surface area contributed by atoms with Gasteiger partial charge in [0, 0.05) is 36.7 Å². The van der Waals surface area contributed by atoms with Gasteiger partial charge in [0.2, 0.25) is 5.91 Å². The number of piperidine rings is 1. The van der Waals surface area contributed by atoms with E-state index in [0.717, 1.165) is 36.6 Å². The van der Waals surface area contributed by atoms with Crippen LogP contribution in [0.4, 0.5) is 0 Å². The van der Waals surface area contributed by atoms with Crippen molar-refractivity contribution in [2.45, 2.75) is 24.9 Å². The number of thioether (sulfide) groups is 1. The molecule has 1 fully saturated rings. The summed E-state index contributed by atoms with van der Waals surface area (Å²) in [7, 11) is 0. The fourth-order valence-corrected chi connectivity index (χ4v) is 4.34. The van der Waals surface area contributed by atoms with Crippen molar-refractivity contribution in [1.29, 1.82) is 0 Å². The maximum atomic E-state index is 12.7. The van der Waals surface area contributed by atoms with E-state index < -0.39 is 0 Å². The molecule has 3 aromatic rings. The van der Waals surface area contributed by atoms with Gasteiger partial charge in [0.05, 0.1) is 5.75 Å². The van der Waals surface area contributed by atoms with Crippen molar-refractivity contribution in [2.75, 3.05) is 18.8 Å². The Morgan fingerprint density at radius 2 is 2.04 bits per heavy atom. The molecule has 4 rings (SSSR count). The molecule has 1 atom stereocenters. The second kappa shape index (κ2) is 8.56. The molecule has 0 spiro atoms. The number of hydrogen-bond acceptors (Lipinski definition) is 5. The molecule has 6 nitrogen and oxygen atoms in total. The first-order valence-corrected chi connectivity index (χ1v) is 10.5. The smallest absolute Gasteiger partial charge is 0.233 e. The van der Waals surface area contributed by atoms with Gasteiger partial charge in [0.15, 0.2) is 11.0 Å². The van der Waals surface area contributed by atoms with Crippen molar-refractivity contribution in [3.63, 3.8) is 0 Å². The van der Waals surface area contributed by atoms with E-state index in [1.807, 2.05) is 51.9 Å². The molecule has 0 bridgehead atoms. The highest BCUT2D eigenvalue weighted by Gasteiger charge is 2.22. The minimum absolute atomic E-state index is 0.169. The molecule has 1 amide bonds. The van der Waals surface area contributed by atoms with E-state index in [4.69, 9.17) is 0 Å². The normalized spacial score (nSPS) is 16.9. The van der Waals surface area contributed by atoms with Crippen molar-refractivity contribution in [2.24, 2.45) is 5.92 Å². The van der Waals surface area contributed by atoms with Gasteiger partial charge in [-0.05, 0) is 43.0 Å². The second-order valence-corrected chi connectivity index (χ2v) is 8.04. The highest BCUT2D eigenvalue weighted by atomic mass is 32.2. The summed E-state index contributed by atoms with van der Waals surface area (Å²) in [6, 6.07) is 13.8. The summed E-state index contributed by atoms with van der Waals surface area (Å²) in [5, 5.41) is 9.48. The van der Waals surface area contributed by atoms with Crippen LogP contribution in [-0.4, -0.2) is 49.4 Å². The third-order valence-corrected chi connectivity index (χ3v) is 5.82. The summed E-state index contributed by atoms with van der Waals surface area (Å²) in [4.78, 5) is 18.9. The van der Waals surface area contributed by atoms with Crippen LogP contribution in [0.25, 0.3) is 17.1 Å². The molecule has 1 aliphatic heterocycles. The van der Waals surface area contributed by atoms with Gasteiger partial charge in [-0.2, -0.15) is 0 Å². The molecule has 1 saturated heterocycles. The van der Waals surface area contributed by atoms with E-state index in [0.29, 0.717) is 16.8 Å². The Morgan fingerprint density at radius 3 is 2.79 bits per heavy atom. The molecule has 0 unspecified atom stereocenters. The lowest BCUT2D eigenvalue weighted by atomic mass is 10.0. The third kappa shape index (κ3) is 4.09. The van der Waals surface area contributed by atoms with E-state index >= 15 is 0 Å². The number of likely N-dealkylation sites (tertiary alicyclic amines) is 1. The SMILES string of the molecule is C[C@H]1CCCN(C(=O)CSc2nnc(-c3cccnc3)n2-c2ccccc2)C1. The van der Waals surface area contributed by atoms with Gasteiger partial charge in [-0.25, -0.2) is 0 Å². The molecule has 0 saturated carbocycles. The predicted molar refractivity (Wildman–Crippen MR) is 110 cm³/mol. The summed E-state index contributed by atoms with van der Waals surface area (Å²) < 4.78 is 1.99. The zero-order valence-electron chi connectivity index (χ0n) is 15.9. The number of hydrogen-bond donors (Lipinski definition) is 0. The van der Waals surface area contributed by atoms with E-state index in [-0.39, 0.29) is 5.91 Å². The van der Waals surface area contributed by atoms with E-state index in [9.17, 15) is 4.79 Å². The van der Waals surface area contributed by atoms with Crippen LogP contribution in [0.5, 0.6) is 0 Å².